The molecule has 0 amide bonds. The Balaban J connectivity index is 1.62. The number of hydrogen-bond donors (Lipinski definition) is 1. The van der Waals surface area contributed by atoms with Crippen LogP contribution in [0.2, 0.25) is 5.02 Å². The monoisotopic (exact) mass is 307 g/mol. The molecular weight excluding hydrogens is 282 g/mol. The smallest absolute Gasteiger partial charge is 0.147 e. The summed E-state index contributed by atoms with van der Waals surface area (Å²) in [6.45, 7) is 7.70. The van der Waals surface area contributed by atoms with Crippen molar-refractivity contribution in [2.75, 3.05) is 18.0 Å². The summed E-state index contributed by atoms with van der Waals surface area (Å²) in [7, 11) is 0. The van der Waals surface area contributed by atoms with Crippen LogP contribution in [-0.2, 0) is 6.54 Å². The van der Waals surface area contributed by atoms with Gasteiger partial charge in [0.2, 0.25) is 0 Å². The van der Waals surface area contributed by atoms with Crippen molar-refractivity contribution in [1.29, 1.82) is 0 Å². The van der Waals surface area contributed by atoms with Gasteiger partial charge < -0.3 is 10.2 Å². The molecule has 1 aliphatic carbocycles. The highest BCUT2D eigenvalue weighted by atomic mass is 35.5. The minimum absolute atomic E-state index is 0.497. The summed E-state index contributed by atoms with van der Waals surface area (Å²) in [5.41, 5.74) is 1.68. The lowest BCUT2D eigenvalue weighted by atomic mass is 9.78. The van der Waals surface area contributed by atoms with Crippen molar-refractivity contribution in [2.24, 2.45) is 5.41 Å². The van der Waals surface area contributed by atoms with Crippen LogP contribution in [0, 0.1) is 5.41 Å². The van der Waals surface area contributed by atoms with Gasteiger partial charge >= 0.3 is 0 Å². The van der Waals surface area contributed by atoms with E-state index in [2.05, 4.69) is 35.1 Å². The molecule has 1 aromatic heterocycles. The van der Waals surface area contributed by atoms with Gasteiger partial charge in [-0.05, 0) is 42.7 Å². The molecule has 2 fully saturated rings. The zero-order valence-electron chi connectivity index (χ0n) is 13.2. The molecule has 0 bridgehead atoms. The van der Waals surface area contributed by atoms with E-state index >= 15 is 0 Å². The third kappa shape index (κ3) is 3.70. The zero-order chi connectivity index (χ0) is 14.9. The number of nitrogens with one attached hydrogen (secondary N) is 1. The van der Waals surface area contributed by atoms with E-state index in [1.165, 1.54) is 37.7 Å². The third-order valence-electron chi connectivity index (χ3n) is 5.17. The maximum absolute atomic E-state index is 6.47. The van der Waals surface area contributed by atoms with E-state index in [0.29, 0.717) is 5.41 Å². The Hall–Kier alpha value is -0.800. The second-order valence-corrected chi connectivity index (χ2v) is 7.36. The molecule has 2 aliphatic rings. The molecule has 0 radical (unpaired) electrons. The Morgan fingerprint density at radius 1 is 1.38 bits per heavy atom. The lowest BCUT2D eigenvalue weighted by molar-refractivity contribution is 0.238. The second kappa shape index (κ2) is 6.13. The SMILES string of the molecule is CCC1(C)CCN(c2ncc(CNC3CC3)cc2Cl)CC1. The van der Waals surface area contributed by atoms with Gasteiger partial charge in [0.15, 0.2) is 0 Å². The van der Waals surface area contributed by atoms with Gasteiger partial charge in [-0.25, -0.2) is 4.98 Å². The van der Waals surface area contributed by atoms with Gasteiger partial charge in [-0.1, -0.05) is 31.9 Å². The first-order valence-corrected chi connectivity index (χ1v) is 8.60. The molecule has 0 atom stereocenters. The maximum Gasteiger partial charge on any atom is 0.147 e. The molecule has 116 valence electrons. The fourth-order valence-electron chi connectivity index (χ4n) is 2.96. The van der Waals surface area contributed by atoms with Crippen molar-refractivity contribution in [2.45, 2.75) is 58.5 Å². The van der Waals surface area contributed by atoms with E-state index in [4.69, 9.17) is 11.6 Å². The number of hydrogen-bond acceptors (Lipinski definition) is 3. The third-order valence-corrected chi connectivity index (χ3v) is 5.45. The van der Waals surface area contributed by atoms with Crippen LogP contribution in [0.3, 0.4) is 0 Å². The molecule has 0 aromatic carbocycles. The number of anilines is 1. The number of nitrogens with zero attached hydrogens (tertiary/aromatic N) is 2. The fourth-order valence-corrected chi connectivity index (χ4v) is 3.27. The fraction of sp³-hybridized carbons (Fsp3) is 0.706. The first kappa shape index (κ1) is 15.1. The van der Waals surface area contributed by atoms with Crippen molar-refractivity contribution < 1.29 is 0 Å². The van der Waals surface area contributed by atoms with Crippen molar-refractivity contribution in [1.82, 2.24) is 10.3 Å². The predicted octanol–water partition coefficient (Wildman–Crippen LogP) is 4.00. The standard InChI is InChI=1S/C17H26ClN3/c1-3-17(2)6-8-21(9-7-17)16-15(18)10-13(12-20-16)11-19-14-4-5-14/h10,12,14,19H,3-9,11H2,1-2H3. The lowest BCUT2D eigenvalue weighted by Crippen LogP contribution is -2.39. The number of rotatable bonds is 5. The van der Waals surface area contributed by atoms with Crippen molar-refractivity contribution in [3.63, 3.8) is 0 Å². The van der Waals surface area contributed by atoms with Crippen LogP contribution >= 0.6 is 11.6 Å². The predicted molar refractivity (Wildman–Crippen MR) is 89.0 cm³/mol. The van der Waals surface area contributed by atoms with Crippen LogP contribution in [0.1, 0.15) is 51.5 Å². The zero-order valence-corrected chi connectivity index (χ0v) is 13.9. The molecule has 1 N–H and O–H groups in total. The molecule has 0 spiro atoms. The summed E-state index contributed by atoms with van der Waals surface area (Å²) in [5.74, 6) is 0.963. The Morgan fingerprint density at radius 3 is 2.67 bits per heavy atom. The maximum atomic E-state index is 6.47. The van der Waals surface area contributed by atoms with Crippen molar-refractivity contribution in [3.8, 4) is 0 Å². The molecule has 1 saturated heterocycles. The van der Waals surface area contributed by atoms with Crippen LogP contribution < -0.4 is 10.2 Å². The Kier molecular flexibility index (Phi) is 4.41. The van der Waals surface area contributed by atoms with E-state index in [1.807, 2.05) is 6.20 Å². The summed E-state index contributed by atoms with van der Waals surface area (Å²) in [5, 5.41) is 4.30. The van der Waals surface area contributed by atoms with E-state index < -0.39 is 0 Å². The molecule has 1 aliphatic heterocycles. The summed E-state index contributed by atoms with van der Waals surface area (Å²) in [6.07, 6.45) is 8.31. The number of aromatic nitrogens is 1. The average molecular weight is 308 g/mol. The number of piperidine rings is 1. The van der Waals surface area contributed by atoms with Crippen LogP contribution in [-0.4, -0.2) is 24.1 Å². The van der Waals surface area contributed by atoms with Crippen LogP contribution in [0.5, 0.6) is 0 Å². The van der Waals surface area contributed by atoms with Gasteiger partial charge in [0.05, 0.1) is 5.02 Å². The Labute approximate surface area is 133 Å². The molecule has 0 unspecified atom stereocenters. The highest BCUT2D eigenvalue weighted by Gasteiger charge is 2.29. The average Bonchev–Trinajstić information content (AvgIpc) is 3.31. The molecule has 1 aromatic rings. The normalized spacial score (nSPS) is 21.6. The highest BCUT2D eigenvalue weighted by Crippen LogP contribution is 2.36. The highest BCUT2D eigenvalue weighted by molar-refractivity contribution is 6.33. The molecule has 21 heavy (non-hydrogen) atoms. The summed E-state index contributed by atoms with van der Waals surface area (Å²) in [4.78, 5) is 6.97. The quantitative estimate of drug-likeness (QED) is 0.891. The van der Waals surface area contributed by atoms with E-state index in [9.17, 15) is 0 Å². The van der Waals surface area contributed by atoms with Gasteiger partial charge in [0.25, 0.3) is 0 Å². The van der Waals surface area contributed by atoms with Crippen LogP contribution in [0.25, 0.3) is 0 Å². The van der Waals surface area contributed by atoms with Crippen molar-refractivity contribution >= 4 is 17.4 Å². The van der Waals surface area contributed by atoms with Gasteiger partial charge in [0.1, 0.15) is 5.82 Å². The molecule has 3 rings (SSSR count). The summed E-state index contributed by atoms with van der Waals surface area (Å²) in [6, 6.07) is 2.80. The van der Waals surface area contributed by atoms with Crippen molar-refractivity contribution in [3.05, 3.63) is 22.8 Å². The molecule has 1 saturated carbocycles. The van der Waals surface area contributed by atoms with Gasteiger partial charge in [-0.15, -0.1) is 0 Å². The topological polar surface area (TPSA) is 28.2 Å². The van der Waals surface area contributed by atoms with Gasteiger partial charge in [0, 0.05) is 31.9 Å². The lowest BCUT2D eigenvalue weighted by Gasteiger charge is -2.39. The molecule has 3 nitrogen and oxygen atoms in total. The van der Waals surface area contributed by atoms with E-state index in [1.54, 1.807) is 0 Å². The first-order chi connectivity index (χ1) is 10.1. The largest absolute Gasteiger partial charge is 0.355 e. The molecule has 4 heteroatoms. The van der Waals surface area contributed by atoms with E-state index in [0.717, 1.165) is 36.5 Å². The van der Waals surface area contributed by atoms with Crippen LogP contribution in [0.4, 0.5) is 5.82 Å². The Morgan fingerprint density at radius 2 is 2.10 bits per heavy atom. The minimum Gasteiger partial charge on any atom is -0.355 e. The van der Waals surface area contributed by atoms with E-state index in [-0.39, 0.29) is 0 Å². The number of pyridine rings is 1. The number of halogens is 1. The first-order valence-electron chi connectivity index (χ1n) is 8.22. The van der Waals surface area contributed by atoms with Crippen LogP contribution in [0.15, 0.2) is 12.3 Å². The van der Waals surface area contributed by atoms with Gasteiger partial charge in [-0.2, -0.15) is 0 Å². The Bertz CT molecular complexity index is 491. The second-order valence-electron chi connectivity index (χ2n) is 6.96. The molecule has 2 heterocycles. The summed E-state index contributed by atoms with van der Waals surface area (Å²) < 4.78 is 0. The summed E-state index contributed by atoms with van der Waals surface area (Å²) >= 11 is 6.47. The van der Waals surface area contributed by atoms with Gasteiger partial charge in [-0.3, -0.25) is 0 Å². The molecular formula is C17H26ClN3. The minimum atomic E-state index is 0.497.